The predicted molar refractivity (Wildman–Crippen MR) is 62.4 cm³/mol. The van der Waals surface area contributed by atoms with Gasteiger partial charge in [-0.2, -0.15) is 0 Å². The monoisotopic (exact) mass is 216 g/mol. The summed E-state index contributed by atoms with van der Waals surface area (Å²) in [5.74, 6) is 0.466. The van der Waals surface area contributed by atoms with Gasteiger partial charge in [-0.1, -0.05) is 12.2 Å². The molecule has 0 aliphatic carbocycles. The molecule has 0 spiro atoms. The third-order valence-electron chi connectivity index (χ3n) is 2.75. The van der Waals surface area contributed by atoms with Crippen LogP contribution >= 0.6 is 12.2 Å². The molecule has 14 heavy (non-hydrogen) atoms. The molecule has 0 unspecified atom stereocenters. The first-order valence-electron chi connectivity index (χ1n) is 5.33. The average molecular weight is 216 g/mol. The number of nitrogens with zero attached hydrogens (tertiary/aromatic N) is 1. The van der Waals surface area contributed by atoms with E-state index in [1.807, 2.05) is 6.92 Å². The molecule has 2 N–H and O–H groups in total. The Kier molecular flexibility index (Phi) is 5.37. The summed E-state index contributed by atoms with van der Waals surface area (Å²) in [6.45, 7) is 6.93. The summed E-state index contributed by atoms with van der Waals surface area (Å²) >= 11 is 4.99. The molecule has 0 aromatic rings. The quantitative estimate of drug-likeness (QED) is 0.550. The van der Waals surface area contributed by atoms with Gasteiger partial charge in [0.1, 0.15) is 0 Å². The molecular weight excluding hydrogens is 196 g/mol. The van der Waals surface area contributed by atoms with Crippen molar-refractivity contribution in [3.05, 3.63) is 0 Å². The number of nitrogens with two attached hydrogens (primary N) is 1. The fourth-order valence-electron chi connectivity index (χ4n) is 1.78. The third-order valence-corrected chi connectivity index (χ3v) is 3.08. The highest BCUT2D eigenvalue weighted by molar-refractivity contribution is 7.80. The van der Waals surface area contributed by atoms with Crippen LogP contribution in [0.3, 0.4) is 0 Å². The highest BCUT2D eigenvalue weighted by atomic mass is 32.1. The summed E-state index contributed by atoms with van der Waals surface area (Å²) in [6.07, 6.45) is 2.23. The second-order valence-corrected chi connectivity index (χ2v) is 4.19. The maximum atomic E-state index is 5.62. The first-order chi connectivity index (χ1) is 6.74. The van der Waals surface area contributed by atoms with E-state index in [4.69, 9.17) is 22.7 Å². The van der Waals surface area contributed by atoms with E-state index in [0.29, 0.717) is 10.9 Å². The molecule has 0 radical (unpaired) electrons. The van der Waals surface area contributed by atoms with E-state index in [1.54, 1.807) is 0 Å². The summed E-state index contributed by atoms with van der Waals surface area (Å²) in [6, 6.07) is 0. The molecule has 0 amide bonds. The van der Waals surface area contributed by atoms with Gasteiger partial charge in [-0.05, 0) is 32.9 Å². The van der Waals surface area contributed by atoms with Crippen molar-refractivity contribution in [2.24, 2.45) is 11.7 Å². The molecule has 1 saturated heterocycles. The van der Waals surface area contributed by atoms with Crippen LogP contribution in [0.1, 0.15) is 19.8 Å². The van der Waals surface area contributed by atoms with Crippen molar-refractivity contribution in [1.82, 2.24) is 4.90 Å². The zero-order valence-corrected chi connectivity index (χ0v) is 9.68. The SMILES string of the molecule is CCOCCN1CCC(C(N)=S)CC1. The lowest BCUT2D eigenvalue weighted by atomic mass is 9.97. The number of thiocarbonyl (C=S) groups is 1. The van der Waals surface area contributed by atoms with Gasteiger partial charge in [-0.25, -0.2) is 0 Å². The van der Waals surface area contributed by atoms with Gasteiger partial charge in [0.2, 0.25) is 0 Å². The third kappa shape index (κ3) is 3.90. The summed E-state index contributed by atoms with van der Waals surface area (Å²) < 4.78 is 5.32. The number of hydrogen-bond donors (Lipinski definition) is 1. The molecular formula is C10H20N2OS. The van der Waals surface area contributed by atoms with Gasteiger partial charge in [0.05, 0.1) is 11.6 Å². The van der Waals surface area contributed by atoms with Gasteiger partial charge in [0.25, 0.3) is 0 Å². The van der Waals surface area contributed by atoms with E-state index in [0.717, 1.165) is 45.7 Å². The Balaban J connectivity index is 2.12. The van der Waals surface area contributed by atoms with E-state index < -0.39 is 0 Å². The maximum Gasteiger partial charge on any atom is 0.0759 e. The zero-order valence-electron chi connectivity index (χ0n) is 8.87. The van der Waals surface area contributed by atoms with Crippen molar-refractivity contribution >= 4 is 17.2 Å². The van der Waals surface area contributed by atoms with Crippen molar-refractivity contribution < 1.29 is 4.74 Å². The van der Waals surface area contributed by atoms with E-state index >= 15 is 0 Å². The topological polar surface area (TPSA) is 38.5 Å². The Labute approximate surface area is 91.6 Å². The fourth-order valence-corrected chi connectivity index (χ4v) is 2.01. The molecule has 1 heterocycles. The van der Waals surface area contributed by atoms with E-state index in [-0.39, 0.29) is 0 Å². The molecule has 4 heteroatoms. The van der Waals surface area contributed by atoms with E-state index in [1.165, 1.54) is 0 Å². The molecule has 3 nitrogen and oxygen atoms in total. The van der Waals surface area contributed by atoms with Crippen LogP contribution in [0.4, 0.5) is 0 Å². The minimum atomic E-state index is 0.466. The standard InChI is InChI=1S/C10H20N2OS/c1-2-13-8-7-12-5-3-9(4-6-12)10(11)14/h9H,2-8H2,1H3,(H2,11,14). The Morgan fingerprint density at radius 2 is 2.14 bits per heavy atom. The van der Waals surface area contributed by atoms with Crippen molar-refractivity contribution in [1.29, 1.82) is 0 Å². The number of hydrogen-bond acceptors (Lipinski definition) is 3. The Morgan fingerprint density at radius 1 is 1.50 bits per heavy atom. The molecule has 82 valence electrons. The molecule has 0 saturated carbocycles. The highest BCUT2D eigenvalue weighted by Gasteiger charge is 2.20. The van der Waals surface area contributed by atoms with Crippen molar-refractivity contribution in [2.45, 2.75) is 19.8 Å². The van der Waals surface area contributed by atoms with Crippen LogP contribution in [-0.4, -0.2) is 42.7 Å². The smallest absolute Gasteiger partial charge is 0.0759 e. The van der Waals surface area contributed by atoms with Crippen molar-refractivity contribution in [3.63, 3.8) is 0 Å². The normalized spacial score (nSPS) is 19.8. The van der Waals surface area contributed by atoms with Gasteiger partial charge in [0.15, 0.2) is 0 Å². The maximum absolute atomic E-state index is 5.62. The molecule has 1 rings (SSSR count). The van der Waals surface area contributed by atoms with Crippen LogP contribution in [0.15, 0.2) is 0 Å². The van der Waals surface area contributed by atoms with Crippen LogP contribution in [0.5, 0.6) is 0 Å². The van der Waals surface area contributed by atoms with Gasteiger partial charge in [0, 0.05) is 19.1 Å². The number of rotatable bonds is 5. The van der Waals surface area contributed by atoms with Crippen molar-refractivity contribution in [2.75, 3.05) is 32.8 Å². The summed E-state index contributed by atoms with van der Waals surface area (Å²) in [7, 11) is 0. The van der Waals surface area contributed by atoms with Crippen LogP contribution in [0, 0.1) is 5.92 Å². The minimum absolute atomic E-state index is 0.466. The Bertz CT molecular complexity index is 179. The Morgan fingerprint density at radius 3 is 2.64 bits per heavy atom. The fraction of sp³-hybridized carbons (Fsp3) is 0.900. The first kappa shape index (κ1) is 11.9. The van der Waals surface area contributed by atoms with Crippen molar-refractivity contribution in [3.8, 4) is 0 Å². The van der Waals surface area contributed by atoms with Gasteiger partial charge in [-0.3, -0.25) is 0 Å². The molecule has 1 fully saturated rings. The first-order valence-corrected chi connectivity index (χ1v) is 5.74. The average Bonchev–Trinajstić information content (AvgIpc) is 2.19. The molecule has 1 aliphatic rings. The van der Waals surface area contributed by atoms with Crippen LogP contribution in [0.2, 0.25) is 0 Å². The summed E-state index contributed by atoms with van der Waals surface area (Å²) in [4.78, 5) is 3.11. The Hall–Kier alpha value is -0.190. The molecule has 0 aromatic heterocycles. The summed E-state index contributed by atoms with van der Waals surface area (Å²) in [5, 5.41) is 0. The van der Waals surface area contributed by atoms with E-state index in [2.05, 4.69) is 4.90 Å². The lowest BCUT2D eigenvalue weighted by Gasteiger charge is -2.31. The van der Waals surface area contributed by atoms with Gasteiger partial charge < -0.3 is 15.4 Å². The molecule has 0 aromatic carbocycles. The lowest BCUT2D eigenvalue weighted by Crippen LogP contribution is -2.39. The van der Waals surface area contributed by atoms with Crippen LogP contribution in [-0.2, 0) is 4.74 Å². The number of piperidine rings is 1. The molecule has 0 bridgehead atoms. The minimum Gasteiger partial charge on any atom is -0.393 e. The zero-order chi connectivity index (χ0) is 10.4. The van der Waals surface area contributed by atoms with Gasteiger partial charge in [-0.15, -0.1) is 0 Å². The second-order valence-electron chi connectivity index (χ2n) is 3.72. The lowest BCUT2D eigenvalue weighted by molar-refractivity contribution is 0.101. The largest absolute Gasteiger partial charge is 0.393 e. The second kappa shape index (κ2) is 6.32. The van der Waals surface area contributed by atoms with Crippen LogP contribution < -0.4 is 5.73 Å². The number of ether oxygens (including phenoxy) is 1. The van der Waals surface area contributed by atoms with Crippen LogP contribution in [0.25, 0.3) is 0 Å². The molecule has 1 aliphatic heterocycles. The highest BCUT2D eigenvalue weighted by Crippen LogP contribution is 2.16. The summed E-state index contributed by atoms with van der Waals surface area (Å²) in [5.41, 5.74) is 5.62. The van der Waals surface area contributed by atoms with Gasteiger partial charge >= 0.3 is 0 Å². The van der Waals surface area contributed by atoms with E-state index in [9.17, 15) is 0 Å². The number of likely N-dealkylation sites (tertiary alicyclic amines) is 1. The molecule has 0 atom stereocenters. The predicted octanol–water partition coefficient (Wildman–Crippen LogP) is 1.02.